The fraction of sp³-hybridized carbons (Fsp3) is 0.412. The van der Waals surface area contributed by atoms with Gasteiger partial charge in [0.2, 0.25) is 0 Å². The van der Waals surface area contributed by atoms with E-state index in [0.29, 0.717) is 15.6 Å². The van der Waals surface area contributed by atoms with Crippen molar-refractivity contribution in [1.82, 2.24) is 10.3 Å². The largest absolute Gasteiger partial charge is 0.394 e. The van der Waals surface area contributed by atoms with Crippen LogP contribution in [0.15, 0.2) is 24.3 Å². The maximum Gasteiger partial charge on any atom is 0.263 e. The van der Waals surface area contributed by atoms with Gasteiger partial charge in [-0.1, -0.05) is 50.1 Å². The van der Waals surface area contributed by atoms with Crippen LogP contribution in [0.5, 0.6) is 0 Å². The van der Waals surface area contributed by atoms with Crippen LogP contribution in [-0.4, -0.2) is 28.6 Å². The Kier molecular flexibility index (Phi) is 6.16. The number of aliphatic hydroxyl groups excluding tert-OH is 1. The van der Waals surface area contributed by atoms with Crippen LogP contribution < -0.4 is 5.32 Å². The summed E-state index contributed by atoms with van der Waals surface area (Å²) < 4.78 is 0. The highest BCUT2D eigenvalue weighted by atomic mass is 35.5. The topological polar surface area (TPSA) is 62.2 Å². The number of thiazole rings is 1. The first kappa shape index (κ1) is 17.9. The zero-order valence-corrected chi connectivity index (χ0v) is 15.0. The molecule has 6 heteroatoms. The van der Waals surface area contributed by atoms with Crippen molar-refractivity contribution >= 4 is 28.8 Å². The summed E-state index contributed by atoms with van der Waals surface area (Å²) in [6, 6.07) is 7.19. The Morgan fingerprint density at radius 3 is 2.74 bits per heavy atom. The quantitative estimate of drug-likeness (QED) is 0.828. The number of aryl methyl sites for hydroxylation is 1. The summed E-state index contributed by atoms with van der Waals surface area (Å²) >= 11 is 7.52. The van der Waals surface area contributed by atoms with Gasteiger partial charge >= 0.3 is 0 Å². The summed E-state index contributed by atoms with van der Waals surface area (Å²) in [6.45, 7) is 5.78. The molecule has 1 heterocycles. The van der Waals surface area contributed by atoms with Gasteiger partial charge in [0.15, 0.2) is 0 Å². The van der Waals surface area contributed by atoms with Crippen LogP contribution in [0.1, 0.15) is 35.6 Å². The molecule has 0 saturated heterocycles. The molecule has 0 saturated carbocycles. The van der Waals surface area contributed by atoms with Crippen molar-refractivity contribution in [3.8, 4) is 10.6 Å². The molecular weight excluding hydrogens is 332 g/mol. The molecule has 1 aromatic carbocycles. The van der Waals surface area contributed by atoms with Crippen molar-refractivity contribution < 1.29 is 9.90 Å². The number of hydrogen-bond donors (Lipinski definition) is 2. The SMILES string of the molecule is CC[C@H](C)[C@H](CO)NC(=O)c1sc(-c2ccccc2Cl)nc1C. The van der Waals surface area contributed by atoms with Gasteiger partial charge in [0.1, 0.15) is 9.88 Å². The summed E-state index contributed by atoms with van der Waals surface area (Å²) in [5, 5.41) is 13.7. The maximum absolute atomic E-state index is 12.5. The number of carbonyl (C=O) groups excluding carboxylic acids is 1. The molecule has 0 spiro atoms. The first-order chi connectivity index (χ1) is 11.0. The van der Waals surface area contributed by atoms with E-state index in [1.54, 1.807) is 6.07 Å². The minimum Gasteiger partial charge on any atom is -0.394 e. The number of halogens is 1. The lowest BCUT2D eigenvalue weighted by atomic mass is 10.00. The highest BCUT2D eigenvalue weighted by Gasteiger charge is 2.22. The molecule has 2 N–H and O–H groups in total. The van der Waals surface area contributed by atoms with Crippen molar-refractivity contribution in [2.75, 3.05) is 6.61 Å². The van der Waals surface area contributed by atoms with Crippen molar-refractivity contribution in [3.63, 3.8) is 0 Å². The number of nitrogens with one attached hydrogen (secondary N) is 1. The highest BCUT2D eigenvalue weighted by molar-refractivity contribution is 7.17. The predicted molar refractivity (Wildman–Crippen MR) is 95.1 cm³/mol. The third-order valence-corrected chi connectivity index (χ3v) is 5.47. The summed E-state index contributed by atoms with van der Waals surface area (Å²) in [4.78, 5) is 17.5. The molecule has 23 heavy (non-hydrogen) atoms. The Balaban J connectivity index is 2.24. The molecule has 0 fully saturated rings. The summed E-state index contributed by atoms with van der Waals surface area (Å²) in [6.07, 6.45) is 0.887. The molecule has 4 nitrogen and oxygen atoms in total. The Bertz CT molecular complexity index is 687. The van der Waals surface area contributed by atoms with Gasteiger partial charge in [-0.2, -0.15) is 0 Å². The number of amides is 1. The van der Waals surface area contributed by atoms with Gasteiger partial charge in [-0.25, -0.2) is 4.98 Å². The Labute approximate surface area is 145 Å². The average molecular weight is 353 g/mol. The predicted octanol–water partition coefficient (Wildman–Crippen LogP) is 3.91. The van der Waals surface area contributed by atoms with Crippen molar-refractivity contribution in [3.05, 3.63) is 39.9 Å². The lowest BCUT2D eigenvalue weighted by Gasteiger charge is -2.21. The Morgan fingerprint density at radius 1 is 1.43 bits per heavy atom. The normalized spacial score (nSPS) is 13.6. The van der Waals surface area contributed by atoms with E-state index in [1.807, 2.05) is 39.0 Å². The summed E-state index contributed by atoms with van der Waals surface area (Å²) in [5.74, 6) is 0.0119. The molecule has 2 atom stereocenters. The van der Waals surface area contributed by atoms with Gasteiger partial charge in [0, 0.05) is 5.56 Å². The van der Waals surface area contributed by atoms with Crippen LogP contribution >= 0.6 is 22.9 Å². The van der Waals surface area contributed by atoms with Crippen LogP contribution in [0.25, 0.3) is 10.6 Å². The lowest BCUT2D eigenvalue weighted by Crippen LogP contribution is -2.41. The van der Waals surface area contributed by atoms with Crippen LogP contribution in [0.3, 0.4) is 0 Å². The molecule has 0 unspecified atom stereocenters. The fourth-order valence-corrected chi connectivity index (χ4v) is 3.53. The van der Waals surface area contributed by atoms with Crippen molar-refractivity contribution in [1.29, 1.82) is 0 Å². The van der Waals surface area contributed by atoms with Gasteiger partial charge in [-0.3, -0.25) is 4.79 Å². The second-order valence-electron chi connectivity index (χ2n) is 5.56. The number of rotatable bonds is 6. The van der Waals surface area contributed by atoms with E-state index in [0.717, 1.165) is 17.0 Å². The third kappa shape index (κ3) is 4.10. The zero-order chi connectivity index (χ0) is 17.0. The molecule has 0 aliphatic heterocycles. The molecule has 1 amide bonds. The van der Waals surface area contributed by atoms with Crippen LogP contribution in [0.2, 0.25) is 5.02 Å². The minimum atomic E-state index is -0.252. The zero-order valence-electron chi connectivity index (χ0n) is 13.5. The van der Waals surface area contributed by atoms with Gasteiger partial charge in [-0.15, -0.1) is 11.3 Å². The molecule has 2 aromatic rings. The van der Waals surface area contributed by atoms with E-state index in [2.05, 4.69) is 10.3 Å². The van der Waals surface area contributed by atoms with Crippen LogP contribution in [-0.2, 0) is 0 Å². The van der Waals surface area contributed by atoms with Crippen LogP contribution in [0, 0.1) is 12.8 Å². The molecule has 0 aliphatic carbocycles. The molecule has 0 radical (unpaired) electrons. The molecule has 124 valence electrons. The van der Waals surface area contributed by atoms with E-state index in [-0.39, 0.29) is 24.5 Å². The number of nitrogens with zero attached hydrogens (tertiary/aromatic N) is 1. The van der Waals surface area contributed by atoms with Gasteiger partial charge < -0.3 is 10.4 Å². The van der Waals surface area contributed by atoms with E-state index in [1.165, 1.54) is 11.3 Å². The number of carbonyl (C=O) groups is 1. The number of benzene rings is 1. The standard InChI is InChI=1S/C17H21ClN2O2S/c1-4-10(2)14(9-21)20-16(22)15-11(3)19-17(23-15)12-7-5-6-8-13(12)18/h5-8,10,14,21H,4,9H2,1-3H3,(H,20,22)/t10-,14-/m0/s1. The van der Waals surface area contributed by atoms with Gasteiger partial charge in [0.05, 0.1) is 23.4 Å². The average Bonchev–Trinajstić information content (AvgIpc) is 2.93. The molecule has 0 aliphatic rings. The second-order valence-corrected chi connectivity index (χ2v) is 6.97. The Morgan fingerprint density at radius 2 is 2.13 bits per heavy atom. The van der Waals surface area contributed by atoms with Crippen molar-refractivity contribution in [2.45, 2.75) is 33.2 Å². The third-order valence-electron chi connectivity index (χ3n) is 3.95. The minimum absolute atomic E-state index is 0.0734. The first-order valence-corrected chi connectivity index (χ1v) is 8.81. The molecule has 1 aromatic heterocycles. The number of aromatic nitrogens is 1. The fourth-order valence-electron chi connectivity index (χ4n) is 2.24. The van der Waals surface area contributed by atoms with Crippen molar-refractivity contribution in [2.24, 2.45) is 5.92 Å². The summed E-state index contributed by atoms with van der Waals surface area (Å²) in [7, 11) is 0. The smallest absolute Gasteiger partial charge is 0.263 e. The molecule has 2 rings (SSSR count). The molecular formula is C17H21ClN2O2S. The number of aliphatic hydroxyl groups is 1. The number of hydrogen-bond acceptors (Lipinski definition) is 4. The van der Waals surface area contributed by atoms with Crippen LogP contribution in [0.4, 0.5) is 0 Å². The summed E-state index contributed by atoms with van der Waals surface area (Å²) in [5.41, 5.74) is 1.49. The Hall–Kier alpha value is -1.43. The first-order valence-electron chi connectivity index (χ1n) is 7.62. The van der Waals surface area contributed by atoms with E-state index in [4.69, 9.17) is 11.6 Å². The molecule has 0 bridgehead atoms. The van der Waals surface area contributed by atoms with E-state index in [9.17, 15) is 9.90 Å². The van der Waals surface area contributed by atoms with E-state index < -0.39 is 0 Å². The highest BCUT2D eigenvalue weighted by Crippen LogP contribution is 2.32. The monoisotopic (exact) mass is 352 g/mol. The van der Waals surface area contributed by atoms with E-state index >= 15 is 0 Å². The maximum atomic E-state index is 12.5. The lowest BCUT2D eigenvalue weighted by molar-refractivity contribution is 0.0895. The second kappa shape index (κ2) is 7.90. The van der Waals surface area contributed by atoms with Gasteiger partial charge in [-0.05, 0) is 18.9 Å². The van der Waals surface area contributed by atoms with Gasteiger partial charge in [0.25, 0.3) is 5.91 Å².